The van der Waals surface area contributed by atoms with E-state index in [4.69, 9.17) is 39.0 Å². The Morgan fingerprint density at radius 3 is 2.59 bits per heavy atom. The molecule has 0 radical (unpaired) electrons. The fourth-order valence-corrected chi connectivity index (χ4v) is 3.96. The highest BCUT2D eigenvalue weighted by atomic mass is 35.5. The number of nitrogens with zero attached hydrogens (tertiary/aromatic N) is 1. The van der Waals surface area contributed by atoms with E-state index in [-0.39, 0.29) is 16.6 Å². The molecule has 0 saturated heterocycles. The highest BCUT2D eigenvalue weighted by molar-refractivity contribution is 7.73. The normalized spacial score (nSPS) is 10.5. The molecule has 3 rings (SSSR count). The Balaban J connectivity index is 2.03. The maximum Gasteiger partial charge on any atom is 0.269 e. The van der Waals surface area contributed by atoms with Gasteiger partial charge < -0.3 is 20.5 Å². The molecule has 27 heavy (non-hydrogen) atoms. The van der Waals surface area contributed by atoms with Crippen molar-refractivity contribution in [2.24, 2.45) is 0 Å². The van der Waals surface area contributed by atoms with Crippen molar-refractivity contribution >= 4 is 52.6 Å². The third kappa shape index (κ3) is 3.78. The van der Waals surface area contributed by atoms with Gasteiger partial charge in [-0.3, -0.25) is 9.36 Å². The number of ether oxygens (including phenoxy) is 2. The number of amides is 1. The van der Waals surface area contributed by atoms with Crippen LogP contribution in [-0.2, 0) is 0 Å². The highest BCUT2D eigenvalue weighted by Gasteiger charge is 2.21. The first-order chi connectivity index (χ1) is 13.0. The van der Waals surface area contributed by atoms with Gasteiger partial charge in [0.15, 0.2) is 3.95 Å². The van der Waals surface area contributed by atoms with Gasteiger partial charge in [-0.2, -0.15) is 0 Å². The summed E-state index contributed by atoms with van der Waals surface area (Å²) in [5.74, 6) is 0.909. The Hall–Kier alpha value is -2.55. The fourth-order valence-electron chi connectivity index (χ4n) is 2.54. The molecule has 3 aromatic rings. The molecule has 3 N–H and O–H groups in total. The van der Waals surface area contributed by atoms with Crippen LogP contribution in [0.2, 0.25) is 5.02 Å². The summed E-state index contributed by atoms with van der Waals surface area (Å²) in [6, 6.07) is 12.2. The maximum absolute atomic E-state index is 12.8. The van der Waals surface area contributed by atoms with Gasteiger partial charge in [0.2, 0.25) is 0 Å². The molecule has 0 atom stereocenters. The van der Waals surface area contributed by atoms with Gasteiger partial charge in [0.1, 0.15) is 22.2 Å². The minimum absolute atomic E-state index is 0.206. The summed E-state index contributed by atoms with van der Waals surface area (Å²) < 4.78 is 12.6. The molecule has 0 aliphatic carbocycles. The molecule has 0 unspecified atom stereocenters. The average Bonchev–Trinajstić information content (AvgIpc) is 2.96. The number of nitrogens with one attached hydrogen (secondary N) is 1. The van der Waals surface area contributed by atoms with Crippen molar-refractivity contribution in [3.63, 3.8) is 0 Å². The van der Waals surface area contributed by atoms with Crippen molar-refractivity contribution in [1.82, 2.24) is 4.57 Å². The van der Waals surface area contributed by atoms with Crippen LogP contribution in [-0.4, -0.2) is 24.7 Å². The van der Waals surface area contributed by atoms with Crippen molar-refractivity contribution < 1.29 is 14.3 Å². The van der Waals surface area contributed by atoms with Crippen molar-refractivity contribution in [3.8, 4) is 17.2 Å². The summed E-state index contributed by atoms with van der Waals surface area (Å²) in [5.41, 5.74) is 7.36. The summed E-state index contributed by atoms with van der Waals surface area (Å²) in [6.45, 7) is 0. The van der Waals surface area contributed by atoms with Gasteiger partial charge in [0, 0.05) is 5.02 Å². The van der Waals surface area contributed by atoms with Crippen molar-refractivity contribution in [2.45, 2.75) is 0 Å². The molecule has 1 aromatic heterocycles. The number of carbonyl (C=O) groups is 1. The molecule has 0 spiro atoms. The highest BCUT2D eigenvalue weighted by Crippen LogP contribution is 2.34. The van der Waals surface area contributed by atoms with Gasteiger partial charge in [-0.25, -0.2) is 0 Å². The van der Waals surface area contributed by atoms with E-state index in [1.807, 2.05) is 6.07 Å². The number of hydrogen-bond acceptors (Lipinski definition) is 6. The number of para-hydroxylation sites is 2. The lowest BCUT2D eigenvalue weighted by Crippen LogP contribution is -2.14. The second kappa shape index (κ2) is 7.99. The van der Waals surface area contributed by atoms with E-state index in [1.165, 1.54) is 14.2 Å². The van der Waals surface area contributed by atoms with E-state index in [2.05, 4.69) is 5.32 Å². The number of carbonyl (C=O) groups excluding carboxylic acids is 1. The number of hydrogen-bond donors (Lipinski definition) is 2. The Morgan fingerprint density at radius 1 is 1.19 bits per heavy atom. The SMILES string of the molecule is COc1ccccc1NC(=O)c1sc(=S)n(-c2cc(Cl)ccc2OC)c1N. The van der Waals surface area contributed by atoms with E-state index < -0.39 is 0 Å². The summed E-state index contributed by atoms with van der Waals surface area (Å²) in [6.07, 6.45) is 0. The number of halogens is 1. The number of methoxy groups -OCH3 is 2. The molecule has 140 valence electrons. The minimum atomic E-state index is -0.382. The lowest BCUT2D eigenvalue weighted by atomic mass is 10.2. The van der Waals surface area contributed by atoms with Gasteiger partial charge in [0.05, 0.1) is 25.6 Å². The Morgan fingerprint density at radius 2 is 1.89 bits per heavy atom. The van der Waals surface area contributed by atoms with E-state index in [9.17, 15) is 4.79 Å². The zero-order valence-electron chi connectivity index (χ0n) is 14.5. The van der Waals surface area contributed by atoms with Gasteiger partial charge >= 0.3 is 0 Å². The van der Waals surface area contributed by atoms with Gasteiger partial charge in [-0.1, -0.05) is 35.1 Å². The topological polar surface area (TPSA) is 78.5 Å². The Kier molecular flexibility index (Phi) is 5.69. The zero-order chi connectivity index (χ0) is 19.6. The quantitative estimate of drug-likeness (QED) is 0.580. The molecule has 2 aromatic carbocycles. The number of benzene rings is 2. The van der Waals surface area contributed by atoms with E-state index in [1.54, 1.807) is 41.0 Å². The number of thiazole rings is 1. The first-order valence-corrected chi connectivity index (χ1v) is 9.36. The third-order valence-electron chi connectivity index (χ3n) is 3.79. The van der Waals surface area contributed by atoms with E-state index >= 15 is 0 Å². The van der Waals surface area contributed by atoms with Crippen LogP contribution in [0.3, 0.4) is 0 Å². The van der Waals surface area contributed by atoms with Gasteiger partial charge in [-0.15, -0.1) is 0 Å². The molecule has 0 aliphatic heterocycles. The first kappa shape index (κ1) is 19.2. The molecule has 1 amide bonds. The summed E-state index contributed by atoms with van der Waals surface area (Å²) in [5, 5.41) is 3.30. The molecule has 1 heterocycles. The number of rotatable bonds is 5. The van der Waals surface area contributed by atoms with Gasteiger partial charge in [-0.05, 0) is 42.5 Å². The predicted molar refractivity (Wildman–Crippen MR) is 111 cm³/mol. The molecule has 9 heteroatoms. The standard InChI is InChI=1S/C18H16ClN3O3S2/c1-24-13-6-4-3-5-11(13)21-17(23)15-16(20)22(18(26)27-15)12-9-10(19)7-8-14(12)25-2/h3-9H,20H2,1-2H3,(H,21,23). The van der Waals surface area contributed by atoms with E-state index in [0.717, 1.165) is 11.3 Å². The number of anilines is 2. The van der Waals surface area contributed by atoms with Crippen LogP contribution in [0.4, 0.5) is 11.5 Å². The van der Waals surface area contributed by atoms with Crippen LogP contribution < -0.4 is 20.5 Å². The molecule has 0 bridgehead atoms. The third-order valence-corrected chi connectivity index (χ3v) is 5.41. The lowest BCUT2D eigenvalue weighted by molar-refractivity contribution is 0.103. The minimum Gasteiger partial charge on any atom is -0.495 e. The maximum atomic E-state index is 12.8. The van der Waals surface area contributed by atoms with E-state index in [0.29, 0.717) is 31.9 Å². The molecule has 6 nitrogen and oxygen atoms in total. The van der Waals surface area contributed by atoms with Crippen LogP contribution in [0.15, 0.2) is 42.5 Å². The van der Waals surface area contributed by atoms with Crippen LogP contribution in [0.25, 0.3) is 5.69 Å². The zero-order valence-corrected chi connectivity index (χ0v) is 16.9. The average molecular weight is 422 g/mol. The molecule has 0 aliphatic rings. The number of nitrogens with two attached hydrogens (primary N) is 1. The number of aromatic nitrogens is 1. The Bertz CT molecular complexity index is 1060. The molecular weight excluding hydrogens is 406 g/mol. The van der Waals surface area contributed by atoms with Gasteiger partial charge in [0.25, 0.3) is 5.91 Å². The predicted octanol–water partition coefficient (Wildman–Crippen LogP) is 4.77. The molecular formula is C18H16ClN3O3S2. The second-order valence-corrected chi connectivity index (χ2v) is 7.47. The monoisotopic (exact) mass is 421 g/mol. The molecule has 0 saturated carbocycles. The van der Waals surface area contributed by atoms with Crippen LogP contribution >= 0.6 is 35.2 Å². The Labute approximate surface area is 170 Å². The van der Waals surface area contributed by atoms with Crippen LogP contribution in [0.5, 0.6) is 11.5 Å². The summed E-state index contributed by atoms with van der Waals surface area (Å²) in [4.78, 5) is 13.1. The van der Waals surface area contributed by atoms with Crippen molar-refractivity contribution in [2.75, 3.05) is 25.3 Å². The first-order valence-electron chi connectivity index (χ1n) is 7.76. The van der Waals surface area contributed by atoms with Crippen LogP contribution in [0.1, 0.15) is 9.67 Å². The summed E-state index contributed by atoms with van der Waals surface area (Å²) in [7, 11) is 3.07. The smallest absolute Gasteiger partial charge is 0.269 e. The molecule has 0 fully saturated rings. The second-order valence-electron chi connectivity index (χ2n) is 5.39. The lowest BCUT2D eigenvalue weighted by Gasteiger charge is -2.12. The van der Waals surface area contributed by atoms with Crippen LogP contribution in [0, 0.1) is 3.95 Å². The summed E-state index contributed by atoms with van der Waals surface area (Å²) >= 11 is 12.6. The largest absolute Gasteiger partial charge is 0.495 e. The van der Waals surface area contributed by atoms with Crippen molar-refractivity contribution in [1.29, 1.82) is 0 Å². The van der Waals surface area contributed by atoms with Crippen molar-refractivity contribution in [3.05, 3.63) is 56.3 Å². The number of nitrogen functional groups attached to an aromatic ring is 1. The fraction of sp³-hybridized carbons (Fsp3) is 0.111.